The molecule has 0 radical (unpaired) electrons. The van der Waals surface area contributed by atoms with Crippen molar-refractivity contribution in [2.45, 2.75) is 31.9 Å². The molecule has 0 aliphatic carbocycles. The number of rotatable bonds is 9. The van der Waals surface area contributed by atoms with E-state index in [1.807, 2.05) is 12.1 Å². The van der Waals surface area contributed by atoms with Crippen LogP contribution in [0.1, 0.15) is 31.2 Å². The van der Waals surface area contributed by atoms with Gasteiger partial charge < -0.3 is 19.2 Å². The van der Waals surface area contributed by atoms with Gasteiger partial charge in [0.2, 0.25) is 10.0 Å². The van der Waals surface area contributed by atoms with E-state index in [4.69, 9.17) is 13.9 Å². The first-order chi connectivity index (χ1) is 14.1. The van der Waals surface area contributed by atoms with Gasteiger partial charge in [-0.25, -0.2) is 8.42 Å². The van der Waals surface area contributed by atoms with Gasteiger partial charge in [-0.3, -0.25) is 4.99 Å². The van der Waals surface area contributed by atoms with E-state index in [0.717, 1.165) is 37.5 Å². The Labute approximate surface area is 171 Å². The lowest BCUT2D eigenvalue weighted by molar-refractivity contribution is 0.259. The molecule has 3 heterocycles. The monoisotopic (exact) mass is 423 g/mol. The number of hydrogen-bond donors (Lipinski definition) is 1. The molecule has 1 N–H and O–H groups in total. The van der Waals surface area contributed by atoms with Gasteiger partial charge in [0, 0.05) is 51.8 Å². The van der Waals surface area contributed by atoms with E-state index >= 15 is 0 Å². The van der Waals surface area contributed by atoms with Gasteiger partial charge in [0.05, 0.1) is 12.0 Å². The molecular weight excluding hydrogens is 394 g/mol. The molecule has 3 rings (SSSR count). The van der Waals surface area contributed by atoms with Crippen LogP contribution in [0.15, 0.2) is 44.7 Å². The highest BCUT2D eigenvalue weighted by atomic mass is 32.2. The van der Waals surface area contributed by atoms with Crippen LogP contribution in [0.25, 0.3) is 0 Å². The summed E-state index contributed by atoms with van der Waals surface area (Å²) in [5.41, 5.74) is 0.425. The number of guanidine groups is 1. The summed E-state index contributed by atoms with van der Waals surface area (Å²) in [4.78, 5) is 6.84. The third kappa shape index (κ3) is 6.33. The molecule has 0 spiro atoms. The van der Waals surface area contributed by atoms with Crippen LogP contribution in [-0.4, -0.2) is 68.0 Å². The van der Waals surface area contributed by atoms with Crippen molar-refractivity contribution in [1.82, 2.24) is 19.7 Å². The highest BCUT2D eigenvalue weighted by Crippen LogP contribution is 2.13. The molecular formula is C19H29N5O4S. The summed E-state index contributed by atoms with van der Waals surface area (Å²) >= 11 is 0. The maximum absolute atomic E-state index is 12.6. The second-order valence-corrected chi connectivity index (χ2v) is 8.92. The summed E-state index contributed by atoms with van der Waals surface area (Å²) in [6.45, 7) is 5.64. The van der Waals surface area contributed by atoms with Crippen LogP contribution in [0.3, 0.4) is 0 Å². The zero-order valence-corrected chi connectivity index (χ0v) is 17.6. The first-order valence-electron chi connectivity index (χ1n) is 10.0. The molecule has 10 heteroatoms. The van der Waals surface area contributed by atoms with Gasteiger partial charge in [-0.1, -0.05) is 18.5 Å². The van der Waals surface area contributed by atoms with Crippen LogP contribution < -0.4 is 5.32 Å². The van der Waals surface area contributed by atoms with Gasteiger partial charge in [0.25, 0.3) is 0 Å². The smallest absolute Gasteiger partial charge is 0.220 e. The van der Waals surface area contributed by atoms with Crippen LogP contribution in [-0.2, 0) is 22.2 Å². The van der Waals surface area contributed by atoms with E-state index in [1.165, 1.54) is 10.6 Å². The van der Waals surface area contributed by atoms with E-state index in [0.29, 0.717) is 38.4 Å². The first kappa shape index (κ1) is 21.4. The number of sulfonamides is 1. The number of aliphatic imine (C=N–C) groups is 1. The molecule has 0 atom stereocenters. The van der Waals surface area contributed by atoms with Crippen molar-refractivity contribution in [2.24, 2.45) is 4.99 Å². The lowest BCUT2D eigenvalue weighted by Crippen LogP contribution is -2.54. The van der Waals surface area contributed by atoms with Crippen LogP contribution in [0.5, 0.6) is 0 Å². The Morgan fingerprint density at radius 2 is 2.07 bits per heavy atom. The average Bonchev–Trinajstić information content (AvgIpc) is 3.41. The number of piperazine rings is 1. The normalized spacial score (nSPS) is 16.3. The molecule has 1 aliphatic heterocycles. The minimum atomic E-state index is -3.41. The summed E-state index contributed by atoms with van der Waals surface area (Å²) in [6, 6.07) is 5.41. The maximum atomic E-state index is 12.6. The molecule has 9 nitrogen and oxygen atoms in total. The number of furan rings is 1. The number of nitrogens with zero attached hydrogens (tertiary/aromatic N) is 4. The second kappa shape index (κ2) is 10.4. The quantitative estimate of drug-likeness (QED) is 0.372. The molecule has 2 aromatic heterocycles. The molecule has 1 saturated heterocycles. The predicted molar refractivity (Wildman–Crippen MR) is 110 cm³/mol. The standard InChI is InChI=1S/C19H29N5O4S/c1-2-3-8-20-19(21-9-6-18-5-4-14-27-18)23-10-12-24(13-11-23)29(25,26)16-17-7-15-28-22-17/h4-5,7,14-15H,2-3,6,8-13,16H2,1H3,(H,20,21). The van der Waals surface area contributed by atoms with Crippen molar-refractivity contribution in [3.63, 3.8) is 0 Å². The van der Waals surface area contributed by atoms with Gasteiger partial charge in [-0.2, -0.15) is 4.31 Å². The summed E-state index contributed by atoms with van der Waals surface area (Å²) in [6.07, 6.45) is 5.93. The lowest BCUT2D eigenvalue weighted by Gasteiger charge is -2.35. The molecule has 0 unspecified atom stereocenters. The average molecular weight is 424 g/mol. The van der Waals surface area contributed by atoms with E-state index < -0.39 is 10.0 Å². The molecule has 0 aromatic carbocycles. The number of unbranched alkanes of at least 4 members (excludes halogenated alkanes) is 1. The van der Waals surface area contributed by atoms with Crippen LogP contribution in [0.4, 0.5) is 0 Å². The first-order valence-corrected chi connectivity index (χ1v) is 11.6. The molecule has 0 saturated carbocycles. The minimum Gasteiger partial charge on any atom is -0.469 e. The maximum Gasteiger partial charge on any atom is 0.220 e. The van der Waals surface area contributed by atoms with Crippen molar-refractivity contribution >= 4 is 16.0 Å². The third-order valence-electron chi connectivity index (χ3n) is 4.76. The lowest BCUT2D eigenvalue weighted by atomic mass is 10.3. The summed E-state index contributed by atoms with van der Waals surface area (Å²) in [7, 11) is -3.41. The van der Waals surface area contributed by atoms with Gasteiger partial charge in [-0.05, 0) is 18.6 Å². The Balaban J connectivity index is 1.54. The zero-order chi connectivity index (χ0) is 20.5. The van der Waals surface area contributed by atoms with Gasteiger partial charge in [-0.15, -0.1) is 0 Å². The van der Waals surface area contributed by atoms with E-state index in [-0.39, 0.29) is 5.75 Å². The van der Waals surface area contributed by atoms with Crippen molar-refractivity contribution < 1.29 is 17.4 Å². The fraction of sp³-hybridized carbons (Fsp3) is 0.579. The van der Waals surface area contributed by atoms with Crippen LogP contribution in [0, 0.1) is 0 Å². The highest BCUT2D eigenvalue weighted by molar-refractivity contribution is 7.88. The Kier molecular flexibility index (Phi) is 7.70. The Morgan fingerprint density at radius 3 is 2.72 bits per heavy atom. The van der Waals surface area contributed by atoms with Crippen LogP contribution >= 0.6 is 0 Å². The molecule has 1 fully saturated rings. The SMILES string of the molecule is CCCCN=C(NCCc1ccco1)N1CCN(S(=O)(=O)Cc2ccon2)CC1. The minimum absolute atomic E-state index is 0.137. The van der Waals surface area contributed by atoms with Gasteiger partial charge >= 0.3 is 0 Å². The Bertz CT molecular complexity index is 841. The predicted octanol–water partition coefficient (Wildman–Crippen LogP) is 1.70. The summed E-state index contributed by atoms with van der Waals surface area (Å²) in [5.74, 6) is 1.62. The number of nitrogens with one attached hydrogen (secondary N) is 1. The van der Waals surface area contributed by atoms with Gasteiger partial charge in [0.15, 0.2) is 5.96 Å². The van der Waals surface area contributed by atoms with E-state index in [9.17, 15) is 8.42 Å². The number of aromatic nitrogens is 1. The molecule has 29 heavy (non-hydrogen) atoms. The molecule has 0 amide bonds. The van der Waals surface area contributed by atoms with E-state index in [2.05, 4.69) is 22.3 Å². The van der Waals surface area contributed by atoms with Crippen LogP contribution in [0.2, 0.25) is 0 Å². The summed E-state index contributed by atoms with van der Waals surface area (Å²) in [5, 5.41) is 7.11. The topological polar surface area (TPSA) is 104 Å². The largest absolute Gasteiger partial charge is 0.469 e. The van der Waals surface area contributed by atoms with Crippen molar-refractivity contribution in [3.8, 4) is 0 Å². The molecule has 2 aromatic rings. The molecule has 0 bridgehead atoms. The van der Waals surface area contributed by atoms with E-state index in [1.54, 1.807) is 12.3 Å². The summed E-state index contributed by atoms with van der Waals surface area (Å²) < 4.78 is 36.9. The van der Waals surface area contributed by atoms with Gasteiger partial charge in [0.1, 0.15) is 17.8 Å². The third-order valence-corrected chi connectivity index (χ3v) is 6.57. The second-order valence-electron chi connectivity index (χ2n) is 6.95. The Hall–Kier alpha value is -2.33. The highest BCUT2D eigenvalue weighted by Gasteiger charge is 2.29. The fourth-order valence-electron chi connectivity index (χ4n) is 3.13. The Morgan fingerprint density at radius 1 is 1.24 bits per heavy atom. The molecule has 160 valence electrons. The molecule has 1 aliphatic rings. The van der Waals surface area contributed by atoms with Crippen molar-refractivity contribution in [3.05, 3.63) is 42.2 Å². The zero-order valence-electron chi connectivity index (χ0n) is 16.8. The van der Waals surface area contributed by atoms with Crippen molar-refractivity contribution in [2.75, 3.05) is 39.3 Å². The number of hydrogen-bond acceptors (Lipinski definition) is 6. The van der Waals surface area contributed by atoms with Crippen molar-refractivity contribution in [1.29, 1.82) is 0 Å². The fourth-order valence-corrected chi connectivity index (χ4v) is 4.56.